The first-order chi connectivity index (χ1) is 14.9. The van der Waals surface area contributed by atoms with Crippen LogP contribution in [0.3, 0.4) is 0 Å². The molecular formula is C21H17F3N6O. The number of nitrogens with one attached hydrogen (secondary N) is 1. The first-order valence-electron chi connectivity index (χ1n) is 9.22. The van der Waals surface area contributed by atoms with Crippen LogP contribution in [0.5, 0.6) is 5.88 Å². The molecule has 0 unspecified atom stereocenters. The molecule has 4 rings (SSSR count). The fraction of sp³-hybridized carbons (Fsp3) is 0.143. The van der Waals surface area contributed by atoms with Crippen molar-refractivity contribution in [2.45, 2.75) is 20.0 Å². The highest BCUT2D eigenvalue weighted by molar-refractivity contribution is 5.85. The SMILES string of the molecule is Cc1cc(-c2c(OCc3ncc[nH]3)nc(N)nc2-c2ccc(F)cc2)cc(C(F)F)n1. The summed E-state index contributed by atoms with van der Waals surface area (Å²) in [5.74, 6) is 0.0958. The molecule has 4 aromatic rings. The lowest BCUT2D eigenvalue weighted by Crippen LogP contribution is -2.07. The van der Waals surface area contributed by atoms with Crippen molar-refractivity contribution in [2.75, 3.05) is 5.73 Å². The van der Waals surface area contributed by atoms with Gasteiger partial charge in [0.2, 0.25) is 11.8 Å². The summed E-state index contributed by atoms with van der Waals surface area (Å²) < 4.78 is 46.1. The number of alkyl halides is 2. The van der Waals surface area contributed by atoms with E-state index in [-0.39, 0.29) is 18.4 Å². The van der Waals surface area contributed by atoms with Crippen LogP contribution >= 0.6 is 0 Å². The van der Waals surface area contributed by atoms with Crippen LogP contribution in [-0.4, -0.2) is 24.9 Å². The van der Waals surface area contributed by atoms with Gasteiger partial charge in [-0.3, -0.25) is 4.98 Å². The third-order valence-electron chi connectivity index (χ3n) is 4.40. The minimum absolute atomic E-state index is 0.0328. The smallest absolute Gasteiger partial charge is 0.280 e. The van der Waals surface area contributed by atoms with Crippen LogP contribution in [0.15, 0.2) is 48.8 Å². The highest BCUT2D eigenvalue weighted by Gasteiger charge is 2.21. The fourth-order valence-corrected chi connectivity index (χ4v) is 3.10. The Morgan fingerprint density at radius 1 is 1.06 bits per heavy atom. The number of aromatic amines is 1. The molecule has 3 aromatic heterocycles. The molecule has 158 valence electrons. The Kier molecular flexibility index (Phi) is 5.52. The quantitative estimate of drug-likeness (QED) is 0.471. The molecule has 7 nitrogen and oxygen atoms in total. The number of aryl methyl sites for hydroxylation is 1. The largest absolute Gasteiger partial charge is 0.469 e. The van der Waals surface area contributed by atoms with Crippen molar-refractivity contribution in [2.24, 2.45) is 0 Å². The molecule has 0 aliphatic heterocycles. The molecule has 0 radical (unpaired) electrons. The molecule has 0 saturated heterocycles. The number of nitrogen functional groups attached to an aromatic ring is 1. The van der Waals surface area contributed by atoms with Crippen molar-refractivity contribution in [3.63, 3.8) is 0 Å². The summed E-state index contributed by atoms with van der Waals surface area (Å²) in [6.07, 6.45) is 0.438. The molecule has 0 aliphatic rings. The van der Waals surface area contributed by atoms with Crippen LogP contribution in [0.1, 0.15) is 23.6 Å². The number of hydrogen-bond donors (Lipinski definition) is 2. The van der Waals surface area contributed by atoms with E-state index in [1.165, 1.54) is 30.3 Å². The van der Waals surface area contributed by atoms with E-state index in [9.17, 15) is 13.2 Å². The topological polar surface area (TPSA) is 103 Å². The lowest BCUT2D eigenvalue weighted by molar-refractivity contribution is 0.146. The molecule has 0 bridgehead atoms. The van der Waals surface area contributed by atoms with Crippen LogP contribution in [0.4, 0.5) is 19.1 Å². The molecule has 1 aromatic carbocycles. The van der Waals surface area contributed by atoms with Crippen LogP contribution < -0.4 is 10.5 Å². The first-order valence-corrected chi connectivity index (χ1v) is 9.22. The zero-order chi connectivity index (χ0) is 22.0. The molecule has 0 amide bonds. The number of nitrogens with zero attached hydrogens (tertiary/aromatic N) is 4. The summed E-state index contributed by atoms with van der Waals surface area (Å²) >= 11 is 0. The van der Waals surface area contributed by atoms with Gasteiger partial charge < -0.3 is 15.5 Å². The van der Waals surface area contributed by atoms with Crippen molar-refractivity contribution in [1.29, 1.82) is 0 Å². The number of nitrogens with two attached hydrogens (primary N) is 1. The average molecular weight is 426 g/mol. The number of H-pyrrole nitrogens is 1. The van der Waals surface area contributed by atoms with Crippen LogP contribution in [-0.2, 0) is 6.61 Å². The zero-order valence-corrected chi connectivity index (χ0v) is 16.3. The summed E-state index contributed by atoms with van der Waals surface area (Å²) in [6.45, 7) is 1.64. The summed E-state index contributed by atoms with van der Waals surface area (Å²) in [5, 5.41) is 0. The number of imidazole rings is 1. The van der Waals surface area contributed by atoms with Gasteiger partial charge in [-0.15, -0.1) is 0 Å². The number of anilines is 1. The molecule has 3 N–H and O–H groups in total. The van der Waals surface area contributed by atoms with E-state index in [1.807, 2.05) is 0 Å². The van der Waals surface area contributed by atoms with Gasteiger partial charge in [-0.05, 0) is 48.9 Å². The van der Waals surface area contributed by atoms with Gasteiger partial charge in [0.25, 0.3) is 6.43 Å². The number of hydrogen-bond acceptors (Lipinski definition) is 6. The summed E-state index contributed by atoms with van der Waals surface area (Å²) in [4.78, 5) is 19.4. The molecule has 10 heteroatoms. The lowest BCUT2D eigenvalue weighted by atomic mass is 9.99. The number of aromatic nitrogens is 5. The average Bonchev–Trinajstić information content (AvgIpc) is 3.25. The Morgan fingerprint density at radius 3 is 2.52 bits per heavy atom. The van der Waals surface area contributed by atoms with Gasteiger partial charge in [-0.25, -0.2) is 23.1 Å². The maximum Gasteiger partial charge on any atom is 0.280 e. The highest BCUT2D eigenvalue weighted by atomic mass is 19.3. The Labute approximate surface area is 175 Å². The number of ether oxygens (including phenoxy) is 1. The summed E-state index contributed by atoms with van der Waals surface area (Å²) in [7, 11) is 0. The van der Waals surface area contributed by atoms with Crippen molar-refractivity contribution in [3.05, 3.63) is 71.8 Å². The molecule has 0 aliphatic carbocycles. The minimum atomic E-state index is -2.77. The van der Waals surface area contributed by atoms with Crippen LogP contribution in [0.25, 0.3) is 22.4 Å². The van der Waals surface area contributed by atoms with E-state index >= 15 is 0 Å². The molecule has 0 atom stereocenters. The number of rotatable bonds is 6. The van der Waals surface area contributed by atoms with E-state index in [1.54, 1.807) is 25.4 Å². The lowest BCUT2D eigenvalue weighted by Gasteiger charge is -2.16. The van der Waals surface area contributed by atoms with Crippen molar-refractivity contribution in [1.82, 2.24) is 24.9 Å². The van der Waals surface area contributed by atoms with Gasteiger partial charge in [0, 0.05) is 23.7 Å². The van der Waals surface area contributed by atoms with Crippen molar-refractivity contribution < 1.29 is 17.9 Å². The normalized spacial score (nSPS) is 11.1. The predicted octanol–water partition coefficient (Wildman–Crippen LogP) is 4.48. The van der Waals surface area contributed by atoms with E-state index in [2.05, 4.69) is 24.9 Å². The van der Waals surface area contributed by atoms with Gasteiger partial charge >= 0.3 is 0 Å². The monoisotopic (exact) mass is 426 g/mol. The molecule has 0 saturated carbocycles. The maximum absolute atomic E-state index is 13.5. The van der Waals surface area contributed by atoms with Crippen LogP contribution in [0.2, 0.25) is 0 Å². The standard InChI is InChI=1S/C21H17F3N6O/c1-11-8-13(9-15(28-11)19(23)24)17-18(12-2-4-14(22)5-3-12)29-21(25)30-20(17)31-10-16-26-6-7-27-16/h2-9,19H,10H2,1H3,(H,26,27)(H2,25,29,30). The molecule has 0 fully saturated rings. The highest BCUT2D eigenvalue weighted by Crippen LogP contribution is 2.39. The Bertz CT molecular complexity index is 1200. The first kappa shape index (κ1) is 20.3. The molecular weight excluding hydrogens is 409 g/mol. The predicted molar refractivity (Wildman–Crippen MR) is 108 cm³/mol. The summed E-state index contributed by atoms with van der Waals surface area (Å²) in [6, 6.07) is 8.43. The third-order valence-corrected chi connectivity index (χ3v) is 4.40. The van der Waals surface area contributed by atoms with Gasteiger partial charge in [0.15, 0.2) is 0 Å². The number of halogens is 3. The molecule has 3 heterocycles. The number of benzene rings is 1. The second-order valence-electron chi connectivity index (χ2n) is 6.66. The third kappa shape index (κ3) is 4.47. The minimum Gasteiger partial charge on any atom is -0.469 e. The van der Waals surface area contributed by atoms with Crippen LogP contribution in [0, 0.1) is 12.7 Å². The Hall–Kier alpha value is -3.95. The van der Waals surface area contributed by atoms with E-state index in [0.717, 1.165) is 0 Å². The maximum atomic E-state index is 13.5. The van der Waals surface area contributed by atoms with E-state index < -0.39 is 17.9 Å². The van der Waals surface area contributed by atoms with E-state index in [0.29, 0.717) is 33.9 Å². The second kappa shape index (κ2) is 8.42. The summed E-state index contributed by atoms with van der Waals surface area (Å²) in [5.41, 5.74) is 7.42. The molecule has 0 spiro atoms. The second-order valence-corrected chi connectivity index (χ2v) is 6.66. The zero-order valence-electron chi connectivity index (χ0n) is 16.3. The number of pyridine rings is 1. The van der Waals surface area contributed by atoms with Gasteiger partial charge in [-0.1, -0.05) is 0 Å². The van der Waals surface area contributed by atoms with Crippen molar-refractivity contribution in [3.8, 4) is 28.3 Å². The van der Waals surface area contributed by atoms with Gasteiger partial charge in [0.05, 0.1) is 11.3 Å². The van der Waals surface area contributed by atoms with Crippen molar-refractivity contribution >= 4 is 5.95 Å². The Balaban J connectivity index is 1.91. The Morgan fingerprint density at radius 2 is 1.84 bits per heavy atom. The molecule has 31 heavy (non-hydrogen) atoms. The van der Waals surface area contributed by atoms with E-state index in [4.69, 9.17) is 10.5 Å². The fourth-order valence-electron chi connectivity index (χ4n) is 3.10. The van der Waals surface area contributed by atoms with Gasteiger partial charge in [-0.2, -0.15) is 4.98 Å². The van der Waals surface area contributed by atoms with Gasteiger partial charge in [0.1, 0.15) is 23.9 Å².